The number of anilines is 1. The largest absolute Gasteiger partial charge is 0.346 e. The Morgan fingerprint density at radius 2 is 2.24 bits per heavy atom. The molecule has 0 radical (unpaired) electrons. The number of thiazole rings is 1. The zero-order valence-corrected chi connectivity index (χ0v) is 14.4. The minimum atomic E-state index is 0.715. The molecule has 0 N–H and O–H groups in total. The summed E-state index contributed by atoms with van der Waals surface area (Å²) in [7, 11) is 2.21. The van der Waals surface area contributed by atoms with E-state index in [0.717, 1.165) is 36.3 Å². The molecule has 21 heavy (non-hydrogen) atoms. The van der Waals surface area contributed by atoms with Gasteiger partial charge in [0.2, 0.25) is 5.13 Å². The summed E-state index contributed by atoms with van der Waals surface area (Å²) in [4.78, 5) is 10.5. The summed E-state index contributed by atoms with van der Waals surface area (Å²) in [5.74, 6) is 0.715. The first-order valence-electron chi connectivity index (χ1n) is 7.24. The molecule has 1 fully saturated rings. The molecule has 0 aliphatic carbocycles. The predicted octanol–water partition coefficient (Wildman–Crippen LogP) is 2.57. The highest BCUT2D eigenvalue weighted by Gasteiger charge is 2.25. The van der Waals surface area contributed by atoms with Gasteiger partial charge in [0.25, 0.3) is 0 Å². The van der Waals surface area contributed by atoms with Gasteiger partial charge in [-0.2, -0.15) is 0 Å². The second kappa shape index (κ2) is 6.37. The van der Waals surface area contributed by atoms with Crippen molar-refractivity contribution in [1.29, 1.82) is 0 Å². The molecule has 0 spiro atoms. The number of hydrogen-bond acceptors (Lipinski definition) is 7. The summed E-state index contributed by atoms with van der Waals surface area (Å²) < 4.78 is 0. The fourth-order valence-electron chi connectivity index (χ4n) is 2.80. The Kier molecular flexibility index (Phi) is 4.51. The van der Waals surface area contributed by atoms with Crippen LogP contribution in [0.15, 0.2) is 5.51 Å². The molecule has 2 aromatic heterocycles. The molecule has 114 valence electrons. The highest BCUT2D eigenvalue weighted by Crippen LogP contribution is 2.27. The van der Waals surface area contributed by atoms with Crippen LogP contribution < -0.4 is 4.90 Å². The van der Waals surface area contributed by atoms with Crippen molar-refractivity contribution >= 4 is 27.8 Å². The topological polar surface area (TPSA) is 45.2 Å². The van der Waals surface area contributed by atoms with Crippen molar-refractivity contribution in [1.82, 2.24) is 20.1 Å². The normalized spacial score (nSPS) is 18.9. The second-order valence-electron chi connectivity index (χ2n) is 5.76. The van der Waals surface area contributed by atoms with Crippen LogP contribution in [0.1, 0.15) is 22.0 Å². The number of rotatable bonds is 5. The second-order valence-corrected chi connectivity index (χ2v) is 7.86. The minimum Gasteiger partial charge on any atom is -0.346 e. The first-order valence-corrected chi connectivity index (χ1v) is 8.94. The molecule has 0 unspecified atom stereocenters. The fourth-order valence-corrected chi connectivity index (χ4v) is 4.38. The Labute approximate surface area is 133 Å². The van der Waals surface area contributed by atoms with Crippen molar-refractivity contribution in [2.24, 2.45) is 5.92 Å². The maximum Gasteiger partial charge on any atom is 0.208 e. The van der Waals surface area contributed by atoms with Crippen LogP contribution in [-0.2, 0) is 6.54 Å². The lowest BCUT2D eigenvalue weighted by Gasteiger charge is -2.21. The summed E-state index contributed by atoms with van der Waals surface area (Å²) in [5, 5.41) is 10.5. The van der Waals surface area contributed by atoms with E-state index in [1.807, 2.05) is 12.4 Å². The number of hydrogen-bond donors (Lipinski definition) is 0. The highest BCUT2D eigenvalue weighted by atomic mass is 32.1. The van der Waals surface area contributed by atoms with Crippen molar-refractivity contribution in [3.05, 3.63) is 21.1 Å². The smallest absolute Gasteiger partial charge is 0.208 e. The van der Waals surface area contributed by atoms with Crippen LogP contribution in [0.3, 0.4) is 0 Å². The van der Waals surface area contributed by atoms with Crippen LogP contribution >= 0.6 is 22.7 Å². The number of aromatic nitrogens is 3. The average molecular weight is 323 g/mol. The van der Waals surface area contributed by atoms with Crippen molar-refractivity contribution in [3.8, 4) is 0 Å². The van der Waals surface area contributed by atoms with E-state index in [1.165, 1.54) is 17.0 Å². The summed E-state index contributed by atoms with van der Waals surface area (Å²) in [6.45, 7) is 8.44. The maximum atomic E-state index is 4.33. The predicted molar refractivity (Wildman–Crippen MR) is 88.2 cm³/mol. The molecule has 3 rings (SSSR count). The van der Waals surface area contributed by atoms with Gasteiger partial charge in [-0.15, -0.1) is 21.5 Å². The van der Waals surface area contributed by atoms with Gasteiger partial charge in [-0.3, -0.25) is 0 Å². The lowest BCUT2D eigenvalue weighted by Crippen LogP contribution is -2.28. The Hall–Kier alpha value is -1.05. The van der Waals surface area contributed by atoms with E-state index in [0.29, 0.717) is 5.92 Å². The molecule has 0 saturated carbocycles. The Morgan fingerprint density at radius 3 is 2.90 bits per heavy atom. The first kappa shape index (κ1) is 14.9. The van der Waals surface area contributed by atoms with Crippen LogP contribution in [-0.4, -0.2) is 46.8 Å². The van der Waals surface area contributed by atoms with Crippen LogP contribution in [0.2, 0.25) is 0 Å². The van der Waals surface area contributed by atoms with E-state index >= 15 is 0 Å². The highest BCUT2D eigenvalue weighted by molar-refractivity contribution is 7.15. The van der Waals surface area contributed by atoms with Crippen LogP contribution in [0.5, 0.6) is 0 Å². The molecule has 0 bridgehead atoms. The molecule has 7 heteroatoms. The lowest BCUT2D eigenvalue weighted by molar-refractivity contribution is 0.281. The molecule has 0 aromatic carbocycles. The third-order valence-corrected chi connectivity index (χ3v) is 5.72. The quantitative estimate of drug-likeness (QED) is 0.846. The maximum absolute atomic E-state index is 4.33. The van der Waals surface area contributed by atoms with Gasteiger partial charge in [-0.1, -0.05) is 11.3 Å². The number of aryl methyl sites for hydroxylation is 2. The van der Waals surface area contributed by atoms with Gasteiger partial charge in [0, 0.05) is 31.1 Å². The van der Waals surface area contributed by atoms with Gasteiger partial charge < -0.3 is 9.80 Å². The molecular formula is C14H21N5S2. The van der Waals surface area contributed by atoms with Gasteiger partial charge in [-0.25, -0.2) is 4.98 Å². The van der Waals surface area contributed by atoms with Crippen LogP contribution in [0.25, 0.3) is 0 Å². The SMILES string of the molecule is Cc1nnc(N2CC[C@@H](CN(C)Cc3scnc3C)C2)s1. The van der Waals surface area contributed by atoms with Crippen molar-refractivity contribution < 1.29 is 0 Å². The molecule has 1 aliphatic heterocycles. The van der Waals surface area contributed by atoms with Gasteiger partial charge >= 0.3 is 0 Å². The number of nitrogens with zero attached hydrogens (tertiary/aromatic N) is 5. The van der Waals surface area contributed by atoms with Crippen molar-refractivity contribution in [3.63, 3.8) is 0 Å². The molecule has 3 heterocycles. The van der Waals surface area contributed by atoms with E-state index in [4.69, 9.17) is 0 Å². The Balaban J connectivity index is 1.51. The van der Waals surface area contributed by atoms with Crippen molar-refractivity contribution in [2.45, 2.75) is 26.8 Å². The Bertz CT molecular complexity index is 594. The van der Waals surface area contributed by atoms with E-state index < -0.39 is 0 Å². The standard InChI is InChI=1S/C14H21N5S2/c1-10-13(20-9-15-10)8-18(3)6-12-4-5-19(7-12)14-17-16-11(2)21-14/h9,12H,4-8H2,1-3H3/t12-/m0/s1. The van der Waals surface area contributed by atoms with Gasteiger partial charge in [0.05, 0.1) is 11.2 Å². The molecule has 1 saturated heterocycles. The molecule has 1 aliphatic rings. The summed E-state index contributed by atoms with van der Waals surface area (Å²) in [6.07, 6.45) is 1.24. The van der Waals surface area contributed by atoms with E-state index in [-0.39, 0.29) is 0 Å². The molecule has 1 atom stereocenters. The Morgan fingerprint density at radius 1 is 1.38 bits per heavy atom. The fraction of sp³-hybridized carbons (Fsp3) is 0.643. The third kappa shape index (κ3) is 3.59. The van der Waals surface area contributed by atoms with E-state index in [1.54, 1.807) is 22.7 Å². The van der Waals surface area contributed by atoms with Gasteiger partial charge in [-0.05, 0) is 33.2 Å². The van der Waals surface area contributed by atoms with Crippen molar-refractivity contribution in [2.75, 3.05) is 31.6 Å². The lowest BCUT2D eigenvalue weighted by atomic mass is 10.1. The zero-order chi connectivity index (χ0) is 14.8. The molecule has 0 amide bonds. The van der Waals surface area contributed by atoms with E-state index in [2.05, 4.69) is 39.0 Å². The molecule has 5 nitrogen and oxygen atoms in total. The minimum absolute atomic E-state index is 0.715. The van der Waals surface area contributed by atoms with E-state index in [9.17, 15) is 0 Å². The average Bonchev–Trinajstić information content (AvgIpc) is 3.13. The zero-order valence-electron chi connectivity index (χ0n) is 12.7. The molecule has 2 aromatic rings. The van der Waals surface area contributed by atoms with Crippen LogP contribution in [0.4, 0.5) is 5.13 Å². The third-order valence-electron chi connectivity index (χ3n) is 3.90. The van der Waals surface area contributed by atoms with Crippen LogP contribution in [0, 0.1) is 19.8 Å². The monoisotopic (exact) mass is 323 g/mol. The summed E-state index contributed by atoms with van der Waals surface area (Å²) in [6, 6.07) is 0. The summed E-state index contributed by atoms with van der Waals surface area (Å²) in [5.41, 5.74) is 3.11. The first-order chi connectivity index (χ1) is 10.1. The molecular weight excluding hydrogens is 302 g/mol. The van der Waals surface area contributed by atoms with Gasteiger partial charge in [0.15, 0.2) is 0 Å². The summed E-state index contributed by atoms with van der Waals surface area (Å²) >= 11 is 3.45. The van der Waals surface area contributed by atoms with Gasteiger partial charge in [0.1, 0.15) is 5.01 Å².